The molecule has 1 aliphatic rings. The van der Waals surface area contributed by atoms with Gasteiger partial charge in [0.05, 0.1) is 11.7 Å². The molecular weight excluding hydrogens is 314 g/mol. The molecule has 0 amide bonds. The molecule has 2 aromatic rings. The Morgan fingerprint density at radius 1 is 1.30 bits per heavy atom. The molecule has 2 aromatic carbocycles. The molecule has 4 nitrogen and oxygen atoms in total. The van der Waals surface area contributed by atoms with Gasteiger partial charge in [-0.1, -0.05) is 23.7 Å². The topological polar surface area (TPSA) is 36.9 Å². The minimum atomic E-state index is -0.478. The van der Waals surface area contributed by atoms with E-state index in [2.05, 4.69) is 0 Å². The van der Waals surface area contributed by atoms with Gasteiger partial charge in [0, 0.05) is 17.5 Å². The van der Waals surface area contributed by atoms with E-state index >= 15 is 0 Å². The van der Waals surface area contributed by atoms with Crippen molar-refractivity contribution in [1.82, 2.24) is 0 Å². The summed E-state index contributed by atoms with van der Waals surface area (Å²) in [6, 6.07) is 9.62. The van der Waals surface area contributed by atoms with Crippen molar-refractivity contribution in [2.24, 2.45) is 0 Å². The van der Waals surface area contributed by atoms with Crippen LogP contribution >= 0.6 is 11.6 Å². The molecule has 0 saturated carbocycles. The Hall–Kier alpha value is -1.27. The molecule has 0 radical (unpaired) electrons. The van der Waals surface area contributed by atoms with E-state index in [1.165, 1.54) is 0 Å². The maximum atomic E-state index is 6.43. The van der Waals surface area contributed by atoms with E-state index < -0.39 is 7.12 Å². The molecule has 1 saturated heterocycles. The van der Waals surface area contributed by atoms with Gasteiger partial charge in [0.1, 0.15) is 5.75 Å². The van der Waals surface area contributed by atoms with Crippen LogP contribution in [0.5, 0.6) is 5.75 Å². The van der Waals surface area contributed by atoms with Crippen molar-refractivity contribution in [3.8, 4) is 5.75 Å². The fourth-order valence-corrected chi connectivity index (χ4v) is 2.96. The van der Waals surface area contributed by atoms with Crippen molar-refractivity contribution in [2.45, 2.75) is 32.5 Å². The Morgan fingerprint density at radius 3 is 2.74 bits per heavy atom. The molecule has 1 fully saturated rings. The fraction of sp³-hybridized carbons (Fsp3) is 0.412. The molecular formula is C17H20BClO4. The van der Waals surface area contributed by atoms with Gasteiger partial charge >= 0.3 is 7.12 Å². The molecule has 0 aromatic heterocycles. The van der Waals surface area contributed by atoms with Crippen molar-refractivity contribution < 1.29 is 18.8 Å². The Balaban J connectivity index is 2.10. The molecule has 1 heterocycles. The maximum absolute atomic E-state index is 6.43. The quantitative estimate of drug-likeness (QED) is 0.634. The van der Waals surface area contributed by atoms with Gasteiger partial charge in [0.15, 0.2) is 6.79 Å². The molecule has 23 heavy (non-hydrogen) atoms. The zero-order valence-electron chi connectivity index (χ0n) is 13.8. The second-order valence-corrected chi connectivity index (χ2v) is 6.64. The number of halogens is 1. The van der Waals surface area contributed by atoms with E-state index in [9.17, 15) is 0 Å². The van der Waals surface area contributed by atoms with Gasteiger partial charge in [-0.2, -0.15) is 0 Å². The summed E-state index contributed by atoms with van der Waals surface area (Å²) < 4.78 is 22.7. The fourth-order valence-electron chi connectivity index (χ4n) is 2.67. The Kier molecular flexibility index (Phi) is 4.56. The lowest BCUT2D eigenvalue weighted by molar-refractivity contribution is 0.0512. The maximum Gasteiger partial charge on any atom is 0.495 e. The number of hydrogen-bond acceptors (Lipinski definition) is 4. The van der Waals surface area contributed by atoms with E-state index in [0.29, 0.717) is 10.8 Å². The first-order chi connectivity index (χ1) is 10.9. The zero-order valence-corrected chi connectivity index (χ0v) is 14.5. The molecule has 122 valence electrons. The molecule has 0 bridgehead atoms. The lowest BCUT2D eigenvalue weighted by Crippen LogP contribution is -2.35. The van der Waals surface area contributed by atoms with Gasteiger partial charge in [-0.3, -0.25) is 0 Å². The molecule has 3 rings (SSSR count). The minimum absolute atomic E-state index is 0.0198. The molecule has 1 unspecified atom stereocenters. The molecule has 0 aliphatic carbocycles. The average molecular weight is 335 g/mol. The monoisotopic (exact) mass is 334 g/mol. The number of methoxy groups -OCH3 is 1. The van der Waals surface area contributed by atoms with Crippen LogP contribution in [0.25, 0.3) is 10.8 Å². The first-order valence-corrected chi connectivity index (χ1v) is 7.97. The van der Waals surface area contributed by atoms with Crippen LogP contribution in [-0.2, 0) is 14.0 Å². The van der Waals surface area contributed by atoms with Crippen LogP contribution in [0.1, 0.15) is 20.8 Å². The third-order valence-corrected chi connectivity index (χ3v) is 4.56. The lowest BCUT2D eigenvalue weighted by atomic mass is 9.76. The highest BCUT2D eigenvalue weighted by atomic mass is 35.5. The molecule has 0 N–H and O–H groups in total. The summed E-state index contributed by atoms with van der Waals surface area (Å²) in [7, 11) is 1.11. The van der Waals surface area contributed by atoms with Gasteiger partial charge in [0.2, 0.25) is 0 Å². The lowest BCUT2D eigenvalue weighted by Gasteiger charge is -2.21. The van der Waals surface area contributed by atoms with E-state index in [-0.39, 0.29) is 18.5 Å². The number of rotatable bonds is 4. The van der Waals surface area contributed by atoms with Crippen LogP contribution in [0, 0.1) is 0 Å². The average Bonchev–Trinajstić information content (AvgIpc) is 2.78. The number of benzene rings is 2. The minimum Gasteiger partial charge on any atom is -0.468 e. The Labute approximate surface area is 141 Å². The summed E-state index contributed by atoms with van der Waals surface area (Å²) in [5.41, 5.74) is 0.512. The van der Waals surface area contributed by atoms with Crippen molar-refractivity contribution in [3.63, 3.8) is 0 Å². The summed E-state index contributed by atoms with van der Waals surface area (Å²) in [6.45, 7) is 6.23. The highest BCUT2D eigenvalue weighted by Crippen LogP contribution is 2.31. The third kappa shape index (κ3) is 3.19. The first-order valence-electron chi connectivity index (χ1n) is 7.59. The predicted molar refractivity (Wildman–Crippen MR) is 92.6 cm³/mol. The van der Waals surface area contributed by atoms with Crippen LogP contribution in [0.2, 0.25) is 5.02 Å². The van der Waals surface area contributed by atoms with Crippen LogP contribution in [0.3, 0.4) is 0 Å². The van der Waals surface area contributed by atoms with Crippen molar-refractivity contribution in [1.29, 1.82) is 0 Å². The summed E-state index contributed by atoms with van der Waals surface area (Å²) in [5.74, 6) is 0.696. The Bertz CT molecular complexity index is 719. The zero-order chi connectivity index (χ0) is 16.6. The van der Waals surface area contributed by atoms with Crippen LogP contribution < -0.4 is 10.2 Å². The van der Waals surface area contributed by atoms with Crippen LogP contribution in [-0.4, -0.2) is 32.7 Å². The second-order valence-electron chi connectivity index (χ2n) is 6.23. The van der Waals surface area contributed by atoms with Gasteiger partial charge in [-0.15, -0.1) is 0 Å². The standard InChI is InChI=1S/C17H20BClO4/c1-11-17(2,3)23-18(22-11)14-9-13(21-10-20-4)8-12-6-5-7-15(19)16(12)14/h5-9,11H,10H2,1-4H3. The van der Waals surface area contributed by atoms with Crippen LogP contribution in [0.15, 0.2) is 30.3 Å². The highest BCUT2D eigenvalue weighted by molar-refractivity contribution is 6.66. The highest BCUT2D eigenvalue weighted by Gasteiger charge is 2.44. The molecule has 1 aliphatic heterocycles. The normalized spacial score (nSPS) is 20.2. The first kappa shape index (κ1) is 16.6. The molecule has 0 spiro atoms. The summed E-state index contributed by atoms with van der Waals surface area (Å²) in [4.78, 5) is 0. The van der Waals surface area contributed by atoms with E-state index in [1.807, 2.05) is 51.1 Å². The predicted octanol–water partition coefficient (Wildman–Crippen LogP) is 3.39. The number of ether oxygens (including phenoxy) is 2. The summed E-state index contributed by atoms with van der Waals surface area (Å²) >= 11 is 6.43. The van der Waals surface area contributed by atoms with Crippen molar-refractivity contribution in [2.75, 3.05) is 13.9 Å². The summed E-state index contributed by atoms with van der Waals surface area (Å²) in [5, 5.41) is 2.57. The van der Waals surface area contributed by atoms with E-state index in [4.69, 9.17) is 30.4 Å². The van der Waals surface area contributed by atoms with E-state index in [1.54, 1.807) is 7.11 Å². The molecule has 6 heteroatoms. The van der Waals surface area contributed by atoms with Crippen LogP contribution in [0.4, 0.5) is 0 Å². The van der Waals surface area contributed by atoms with Gasteiger partial charge in [-0.25, -0.2) is 0 Å². The SMILES string of the molecule is COCOc1cc(B2OC(C)C(C)(C)O2)c2c(Cl)cccc2c1. The van der Waals surface area contributed by atoms with Gasteiger partial charge in [0.25, 0.3) is 0 Å². The van der Waals surface area contributed by atoms with E-state index in [0.717, 1.165) is 16.2 Å². The second kappa shape index (κ2) is 6.32. The largest absolute Gasteiger partial charge is 0.495 e. The third-order valence-electron chi connectivity index (χ3n) is 4.24. The molecule has 1 atom stereocenters. The van der Waals surface area contributed by atoms with Crippen molar-refractivity contribution >= 4 is 35.0 Å². The van der Waals surface area contributed by atoms with Crippen molar-refractivity contribution in [3.05, 3.63) is 35.4 Å². The number of fused-ring (bicyclic) bond motifs is 1. The smallest absolute Gasteiger partial charge is 0.468 e. The van der Waals surface area contributed by atoms with Gasteiger partial charge in [-0.05, 0) is 49.8 Å². The summed E-state index contributed by atoms with van der Waals surface area (Å²) in [6.07, 6.45) is -0.0198. The van der Waals surface area contributed by atoms with Gasteiger partial charge < -0.3 is 18.8 Å². The number of hydrogen-bond donors (Lipinski definition) is 0. The Morgan fingerprint density at radius 2 is 2.09 bits per heavy atom.